The van der Waals surface area contributed by atoms with E-state index in [1.807, 2.05) is 25.7 Å². The zero-order valence-corrected chi connectivity index (χ0v) is 32.9. The molecule has 5 saturated heterocycles. The first kappa shape index (κ1) is 37.4. The molecule has 8 heterocycles. The first-order chi connectivity index (χ1) is 27.9. The van der Waals surface area contributed by atoms with E-state index in [9.17, 15) is 14.3 Å². The number of amides is 1. The Kier molecular flexibility index (Phi) is 8.97. The van der Waals surface area contributed by atoms with Crippen LogP contribution in [0.15, 0.2) is 30.5 Å². The van der Waals surface area contributed by atoms with Gasteiger partial charge < -0.3 is 29.0 Å². The quantitative estimate of drug-likeness (QED) is 0.214. The number of fused-ring (bicyclic) bond motifs is 6. The van der Waals surface area contributed by atoms with Crippen LogP contribution in [0.2, 0.25) is 0 Å². The predicted octanol–water partition coefficient (Wildman–Crippen LogP) is 7.15. The lowest BCUT2D eigenvalue weighted by Crippen LogP contribution is -2.63. The number of anilines is 1. The third-order valence-corrected chi connectivity index (χ3v) is 12.9. The van der Waals surface area contributed by atoms with Crippen LogP contribution in [0.3, 0.4) is 0 Å². The average Bonchev–Trinajstić information content (AvgIpc) is 3.94. The minimum atomic E-state index is -0.991. The molecule has 2 bridgehead atoms. The highest BCUT2D eigenvalue weighted by atomic mass is 19.1. The van der Waals surface area contributed by atoms with E-state index >= 15 is 8.78 Å². The van der Waals surface area contributed by atoms with E-state index in [0.29, 0.717) is 50.2 Å². The first-order valence-electron chi connectivity index (χ1n) is 20.5. The highest BCUT2D eigenvalue weighted by Crippen LogP contribution is 2.50. The molecule has 2 aromatic heterocycles. The lowest BCUT2D eigenvalue weighted by Gasteiger charge is -2.46. The summed E-state index contributed by atoms with van der Waals surface area (Å²) in [6.07, 6.45) is 6.16. The van der Waals surface area contributed by atoms with Crippen LogP contribution >= 0.6 is 0 Å². The third kappa shape index (κ3) is 6.20. The summed E-state index contributed by atoms with van der Waals surface area (Å²) in [5, 5.41) is 15.6. The second kappa shape index (κ2) is 13.9. The largest absolute Gasteiger partial charge is 0.508 e. The smallest absolute Gasteiger partial charge is 0.410 e. The molecule has 1 amide bonds. The number of nitrogens with zero attached hydrogens (tertiary/aromatic N) is 7. The molecule has 6 aliphatic rings. The van der Waals surface area contributed by atoms with Crippen molar-refractivity contribution in [3.8, 4) is 39.9 Å². The Balaban J connectivity index is 1.11. The fourth-order valence-corrected chi connectivity index (χ4v) is 10.3. The fourth-order valence-electron chi connectivity index (χ4n) is 10.3. The summed E-state index contributed by atoms with van der Waals surface area (Å²) < 4.78 is 76.0. The minimum absolute atomic E-state index is 0.0458. The number of phenolic OH excluding ortho intramolecular Hbond substituents is 1. The third-order valence-electron chi connectivity index (χ3n) is 12.9. The van der Waals surface area contributed by atoms with Crippen molar-refractivity contribution in [1.82, 2.24) is 29.5 Å². The van der Waals surface area contributed by atoms with E-state index in [4.69, 9.17) is 29.0 Å². The van der Waals surface area contributed by atoms with Crippen LogP contribution in [-0.2, 0) is 9.47 Å². The van der Waals surface area contributed by atoms with Crippen LogP contribution in [0, 0.1) is 11.6 Å². The number of hydrogen-bond donors (Lipinski definition) is 1. The number of carbonyl (C=O) groups is 1. The Morgan fingerprint density at radius 3 is 2.71 bits per heavy atom. The van der Waals surface area contributed by atoms with Gasteiger partial charge in [-0.25, -0.2) is 22.6 Å². The second-order valence-corrected chi connectivity index (χ2v) is 17.7. The normalized spacial score (nSPS) is 28.0. The van der Waals surface area contributed by atoms with E-state index in [1.165, 1.54) is 12.1 Å². The van der Waals surface area contributed by atoms with Gasteiger partial charge in [-0.3, -0.25) is 9.80 Å². The van der Waals surface area contributed by atoms with Crippen molar-refractivity contribution < 1.29 is 42.0 Å². The van der Waals surface area contributed by atoms with Crippen molar-refractivity contribution in [3.63, 3.8) is 0 Å². The highest BCUT2D eigenvalue weighted by Gasteiger charge is 2.53. The number of alkyl halides is 1. The van der Waals surface area contributed by atoms with Crippen LogP contribution in [0.5, 0.6) is 17.5 Å². The van der Waals surface area contributed by atoms with Gasteiger partial charge in [-0.1, -0.05) is 0 Å². The van der Waals surface area contributed by atoms with Crippen LogP contribution in [0.1, 0.15) is 78.4 Å². The molecule has 0 spiro atoms. The molecule has 16 heteroatoms. The standard InChI is InChI=1S/C42H48F3N7O6/c1-41(2,3)58-40(54)52-24-8-11-29(52)30-21-56-37-33-36(46-39(47-38(33)50(30)20-24)57-22-42-13-6-14-49(42)19-23(43)18-42)34(44)32(35(37)45)27-17-25(53)9-10-26(27)28-12-15-51(48-28)31-7-4-5-16-55-31/h9-10,12,15,17,23-24,29-31,53H,4-8,11,13-14,16,18-22H2,1-3H3/t23-,24?,29?,30?,31?,42+/m1/s1. The van der Waals surface area contributed by atoms with Gasteiger partial charge in [-0.05, 0) is 96.5 Å². The Labute approximate surface area is 334 Å². The number of aromatic hydroxyl groups is 1. The highest BCUT2D eigenvalue weighted by molar-refractivity contribution is 6.01. The molecule has 6 aliphatic heterocycles. The van der Waals surface area contributed by atoms with Gasteiger partial charge in [0.25, 0.3) is 0 Å². The van der Waals surface area contributed by atoms with Gasteiger partial charge in [0.1, 0.15) is 48.3 Å². The van der Waals surface area contributed by atoms with E-state index in [-0.39, 0.29) is 71.3 Å². The monoisotopic (exact) mass is 803 g/mol. The van der Waals surface area contributed by atoms with E-state index in [2.05, 4.69) is 9.88 Å². The molecule has 2 aromatic carbocycles. The van der Waals surface area contributed by atoms with E-state index in [1.54, 1.807) is 27.9 Å². The molecular weight excluding hydrogens is 755 g/mol. The summed E-state index contributed by atoms with van der Waals surface area (Å²) >= 11 is 0. The fraction of sp³-hybridized carbons (Fsp3) is 0.571. The number of rotatable bonds is 6. The molecule has 5 fully saturated rings. The molecule has 308 valence electrons. The second-order valence-electron chi connectivity index (χ2n) is 17.7. The molecule has 4 aromatic rings. The van der Waals surface area contributed by atoms with Crippen LogP contribution in [0.4, 0.5) is 23.8 Å². The van der Waals surface area contributed by atoms with Crippen molar-refractivity contribution in [2.75, 3.05) is 44.4 Å². The maximum atomic E-state index is 17.6. The number of benzene rings is 2. The van der Waals surface area contributed by atoms with Gasteiger partial charge in [0.05, 0.1) is 40.3 Å². The molecule has 6 atom stereocenters. The van der Waals surface area contributed by atoms with Gasteiger partial charge >= 0.3 is 12.1 Å². The Morgan fingerprint density at radius 2 is 1.90 bits per heavy atom. The Bertz CT molecular complexity index is 2280. The van der Waals surface area contributed by atoms with Gasteiger partial charge in [-0.15, -0.1) is 0 Å². The van der Waals surface area contributed by atoms with E-state index < -0.39 is 46.6 Å². The summed E-state index contributed by atoms with van der Waals surface area (Å²) in [6, 6.07) is 4.85. The number of ether oxygens (including phenoxy) is 4. The number of aromatic nitrogens is 4. The SMILES string of the molecule is CC(C)(C)OC(=O)N1C2CCC1C1COc3c(F)c(-c4cc(O)ccc4-c4ccn(C5CCCCO5)n4)c(F)c4nc(OC[C@@]56CCCN5C[C@H](F)C6)nc(c34)N1C2. The van der Waals surface area contributed by atoms with Crippen molar-refractivity contribution in [1.29, 1.82) is 0 Å². The molecule has 0 radical (unpaired) electrons. The zero-order chi connectivity index (χ0) is 40.1. The molecule has 1 N–H and O–H groups in total. The summed E-state index contributed by atoms with van der Waals surface area (Å²) in [7, 11) is 0. The molecule has 13 nitrogen and oxygen atoms in total. The number of halogens is 3. The molecule has 0 aliphatic carbocycles. The summed E-state index contributed by atoms with van der Waals surface area (Å²) in [5.41, 5.74) is -1.07. The first-order valence-corrected chi connectivity index (χ1v) is 20.5. The molecular formula is C42H48F3N7O6. The van der Waals surface area contributed by atoms with Gasteiger partial charge in [0, 0.05) is 43.4 Å². The molecule has 10 rings (SSSR count). The number of phenols is 1. The molecule has 58 heavy (non-hydrogen) atoms. The average molecular weight is 804 g/mol. The summed E-state index contributed by atoms with van der Waals surface area (Å²) in [6.45, 7) is 7.53. The van der Waals surface area contributed by atoms with Crippen LogP contribution in [0.25, 0.3) is 33.3 Å². The molecule has 4 unspecified atom stereocenters. The minimum Gasteiger partial charge on any atom is -0.508 e. The molecule has 0 saturated carbocycles. The predicted molar refractivity (Wildman–Crippen MR) is 207 cm³/mol. The number of hydrogen-bond acceptors (Lipinski definition) is 11. The van der Waals surface area contributed by atoms with Crippen LogP contribution < -0.4 is 14.4 Å². The van der Waals surface area contributed by atoms with Crippen molar-refractivity contribution in [3.05, 3.63) is 42.1 Å². The summed E-state index contributed by atoms with van der Waals surface area (Å²) in [4.78, 5) is 29.0. The van der Waals surface area contributed by atoms with Gasteiger partial charge in [0.15, 0.2) is 17.4 Å². The van der Waals surface area contributed by atoms with Gasteiger partial charge in [0.2, 0.25) is 0 Å². The van der Waals surface area contributed by atoms with Crippen molar-refractivity contribution >= 4 is 22.8 Å². The van der Waals surface area contributed by atoms with Crippen molar-refractivity contribution in [2.24, 2.45) is 0 Å². The Morgan fingerprint density at radius 1 is 1.03 bits per heavy atom. The number of piperazine rings is 1. The summed E-state index contributed by atoms with van der Waals surface area (Å²) in [5.74, 6) is -2.19. The topological polar surface area (TPSA) is 128 Å². The lowest BCUT2D eigenvalue weighted by molar-refractivity contribution is -0.0393. The lowest BCUT2D eigenvalue weighted by atomic mass is 9.94. The maximum absolute atomic E-state index is 17.6. The maximum Gasteiger partial charge on any atom is 0.410 e. The van der Waals surface area contributed by atoms with E-state index in [0.717, 1.165) is 38.6 Å². The van der Waals surface area contributed by atoms with Crippen molar-refractivity contribution in [2.45, 2.75) is 114 Å². The zero-order valence-electron chi connectivity index (χ0n) is 32.9. The Hall–Kier alpha value is -4.83. The van der Waals surface area contributed by atoms with Gasteiger partial charge in [-0.2, -0.15) is 15.1 Å². The number of carbonyl (C=O) groups excluding carboxylic acids is 1. The van der Waals surface area contributed by atoms with Crippen LogP contribution in [-0.4, -0.2) is 116 Å².